The Labute approximate surface area is 83.9 Å². The number of carbonyl (C=O) groups excluding carboxylic acids is 1. The third kappa shape index (κ3) is 5.40. The van der Waals surface area contributed by atoms with E-state index in [1.54, 1.807) is 0 Å². The Morgan fingerprint density at radius 3 is 2.21 bits per heavy atom. The molecule has 0 aliphatic heterocycles. The second-order valence-corrected chi connectivity index (χ2v) is 3.45. The number of carbonyl (C=O) groups is 2. The maximum Gasteiger partial charge on any atom is 0.326 e. The maximum atomic E-state index is 11.2. The van der Waals surface area contributed by atoms with Crippen LogP contribution in [-0.4, -0.2) is 29.2 Å². The molecule has 0 saturated carbocycles. The van der Waals surface area contributed by atoms with Gasteiger partial charge in [-0.1, -0.05) is 13.3 Å². The van der Waals surface area contributed by atoms with Crippen molar-refractivity contribution in [2.24, 2.45) is 0 Å². The third-order valence-corrected chi connectivity index (χ3v) is 1.60. The van der Waals surface area contributed by atoms with E-state index in [-0.39, 0.29) is 6.04 Å². The van der Waals surface area contributed by atoms with Crippen LogP contribution in [0.3, 0.4) is 0 Å². The van der Waals surface area contributed by atoms with Gasteiger partial charge in [0.15, 0.2) is 0 Å². The van der Waals surface area contributed by atoms with E-state index in [1.807, 2.05) is 20.8 Å². The SMILES string of the molecule is CCCC(NC(=O)NC(C)C)C(=O)O. The zero-order valence-corrected chi connectivity index (χ0v) is 8.83. The Morgan fingerprint density at radius 2 is 1.86 bits per heavy atom. The van der Waals surface area contributed by atoms with Crippen LogP contribution in [0.2, 0.25) is 0 Å². The summed E-state index contributed by atoms with van der Waals surface area (Å²) in [7, 11) is 0. The van der Waals surface area contributed by atoms with E-state index in [0.717, 1.165) is 6.42 Å². The minimum Gasteiger partial charge on any atom is -0.480 e. The molecule has 1 atom stereocenters. The van der Waals surface area contributed by atoms with Crippen molar-refractivity contribution in [2.45, 2.75) is 45.7 Å². The first-order valence-electron chi connectivity index (χ1n) is 4.77. The molecule has 0 aromatic carbocycles. The highest BCUT2D eigenvalue weighted by Crippen LogP contribution is 1.96. The second-order valence-electron chi connectivity index (χ2n) is 3.45. The van der Waals surface area contributed by atoms with Crippen molar-refractivity contribution < 1.29 is 14.7 Å². The summed E-state index contributed by atoms with van der Waals surface area (Å²) < 4.78 is 0. The molecule has 5 heteroatoms. The van der Waals surface area contributed by atoms with E-state index in [0.29, 0.717) is 6.42 Å². The summed E-state index contributed by atoms with van der Waals surface area (Å²) in [4.78, 5) is 21.8. The van der Waals surface area contributed by atoms with Crippen LogP contribution in [0, 0.1) is 0 Å². The van der Waals surface area contributed by atoms with Gasteiger partial charge < -0.3 is 15.7 Å². The average molecular weight is 202 g/mol. The number of carboxylic acid groups (broad SMARTS) is 1. The van der Waals surface area contributed by atoms with Crippen LogP contribution < -0.4 is 10.6 Å². The molecule has 2 amide bonds. The van der Waals surface area contributed by atoms with Crippen LogP contribution in [-0.2, 0) is 4.79 Å². The molecule has 14 heavy (non-hydrogen) atoms. The smallest absolute Gasteiger partial charge is 0.326 e. The molecule has 0 saturated heterocycles. The van der Waals surface area contributed by atoms with E-state index < -0.39 is 18.0 Å². The lowest BCUT2D eigenvalue weighted by atomic mass is 10.2. The molecule has 0 fully saturated rings. The highest BCUT2D eigenvalue weighted by atomic mass is 16.4. The molecule has 0 bridgehead atoms. The predicted molar refractivity (Wildman–Crippen MR) is 53.1 cm³/mol. The highest BCUT2D eigenvalue weighted by Gasteiger charge is 2.18. The summed E-state index contributed by atoms with van der Waals surface area (Å²) >= 11 is 0. The fourth-order valence-electron chi connectivity index (χ4n) is 1.01. The number of urea groups is 1. The molecule has 0 radical (unpaired) electrons. The fourth-order valence-corrected chi connectivity index (χ4v) is 1.01. The number of hydrogen-bond donors (Lipinski definition) is 3. The number of hydrogen-bond acceptors (Lipinski definition) is 2. The Morgan fingerprint density at radius 1 is 1.29 bits per heavy atom. The number of rotatable bonds is 5. The van der Waals surface area contributed by atoms with Gasteiger partial charge in [0.25, 0.3) is 0 Å². The lowest BCUT2D eigenvalue weighted by Crippen LogP contribution is -2.47. The summed E-state index contributed by atoms with van der Waals surface area (Å²) in [5.74, 6) is -0.995. The van der Waals surface area contributed by atoms with Crippen LogP contribution in [0.5, 0.6) is 0 Å². The van der Waals surface area contributed by atoms with Crippen molar-refractivity contribution in [1.29, 1.82) is 0 Å². The molecule has 1 unspecified atom stereocenters. The Kier molecular flexibility index (Phi) is 5.67. The standard InChI is InChI=1S/C9H18N2O3/c1-4-5-7(8(12)13)11-9(14)10-6(2)3/h6-7H,4-5H2,1-3H3,(H,12,13)(H2,10,11,14). The molecule has 0 aromatic heterocycles. The Hall–Kier alpha value is -1.26. The van der Waals surface area contributed by atoms with Gasteiger partial charge >= 0.3 is 12.0 Å². The molecule has 5 nitrogen and oxygen atoms in total. The van der Waals surface area contributed by atoms with Crippen LogP contribution in [0.1, 0.15) is 33.6 Å². The minimum atomic E-state index is -0.995. The van der Waals surface area contributed by atoms with E-state index >= 15 is 0 Å². The first kappa shape index (κ1) is 12.7. The monoisotopic (exact) mass is 202 g/mol. The molecule has 0 aliphatic rings. The van der Waals surface area contributed by atoms with Crippen molar-refractivity contribution in [3.8, 4) is 0 Å². The molecule has 0 spiro atoms. The van der Waals surface area contributed by atoms with Gasteiger partial charge in [-0.05, 0) is 20.3 Å². The summed E-state index contributed by atoms with van der Waals surface area (Å²) in [6.45, 7) is 5.50. The normalized spacial score (nSPS) is 12.3. The van der Waals surface area contributed by atoms with Gasteiger partial charge in [-0.15, -0.1) is 0 Å². The zero-order valence-electron chi connectivity index (χ0n) is 8.83. The van der Waals surface area contributed by atoms with E-state index in [2.05, 4.69) is 10.6 Å². The summed E-state index contributed by atoms with van der Waals surface area (Å²) in [6.07, 6.45) is 1.17. The molecule has 0 heterocycles. The van der Waals surface area contributed by atoms with Crippen molar-refractivity contribution in [1.82, 2.24) is 10.6 Å². The zero-order chi connectivity index (χ0) is 11.1. The Bertz CT molecular complexity index is 204. The van der Waals surface area contributed by atoms with E-state index in [1.165, 1.54) is 0 Å². The first-order valence-corrected chi connectivity index (χ1v) is 4.77. The van der Waals surface area contributed by atoms with Crippen molar-refractivity contribution >= 4 is 12.0 Å². The summed E-state index contributed by atoms with van der Waals surface area (Å²) in [5.41, 5.74) is 0. The number of nitrogens with one attached hydrogen (secondary N) is 2. The van der Waals surface area contributed by atoms with Gasteiger partial charge in [0.05, 0.1) is 0 Å². The third-order valence-electron chi connectivity index (χ3n) is 1.60. The van der Waals surface area contributed by atoms with Crippen molar-refractivity contribution in [3.63, 3.8) is 0 Å². The van der Waals surface area contributed by atoms with Crippen molar-refractivity contribution in [3.05, 3.63) is 0 Å². The van der Waals surface area contributed by atoms with Gasteiger partial charge in [0.1, 0.15) is 6.04 Å². The van der Waals surface area contributed by atoms with E-state index in [4.69, 9.17) is 5.11 Å². The summed E-state index contributed by atoms with van der Waals surface area (Å²) in [6, 6.07) is -1.22. The topological polar surface area (TPSA) is 78.4 Å². The van der Waals surface area contributed by atoms with Crippen LogP contribution in [0.25, 0.3) is 0 Å². The lowest BCUT2D eigenvalue weighted by molar-refractivity contribution is -0.139. The summed E-state index contributed by atoms with van der Waals surface area (Å²) in [5, 5.41) is 13.7. The Balaban J connectivity index is 4.02. The van der Waals surface area contributed by atoms with E-state index in [9.17, 15) is 9.59 Å². The number of aliphatic carboxylic acids is 1. The number of amides is 2. The van der Waals surface area contributed by atoms with Gasteiger partial charge in [-0.3, -0.25) is 0 Å². The fraction of sp³-hybridized carbons (Fsp3) is 0.778. The van der Waals surface area contributed by atoms with Gasteiger partial charge in [0, 0.05) is 6.04 Å². The van der Waals surface area contributed by atoms with Crippen LogP contribution in [0.4, 0.5) is 4.79 Å². The molecule has 0 aliphatic carbocycles. The van der Waals surface area contributed by atoms with Gasteiger partial charge in [-0.2, -0.15) is 0 Å². The van der Waals surface area contributed by atoms with Crippen LogP contribution >= 0.6 is 0 Å². The number of carboxylic acids is 1. The minimum absolute atomic E-state index is 0.00562. The molecule has 0 aromatic rings. The quantitative estimate of drug-likeness (QED) is 0.621. The van der Waals surface area contributed by atoms with Gasteiger partial charge in [-0.25, -0.2) is 9.59 Å². The maximum absolute atomic E-state index is 11.2. The highest BCUT2D eigenvalue weighted by molar-refractivity contribution is 5.82. The second kappa shape index (κ2) is 6.23. The molecule has 3 N–H and O–H groups in total. The molecular weight excluding hydrogens is 184 g/mol. The lowest BCUT2D eigenvalue weighted by Gasteiger charge is -2.15. The predicted octanol–water partition coefficient (Wildman–Crippen LogP) is 0.947. The largest absolute Gasteiger partial charge is 0.480 e. The van der Waals surface area contributed by atoms with Crippen molar-refractivity contribution in [2.75, 3.05) is 0 Å². The van der Waals surface area contributed by atoms with Gasteiger partial charge in [0.2, 0.25) is 0 Å². The molecule has 0 rings (SSSR count). The molecular formula is C9H18N2O3. The first-order chi connectivity index (χ1) is 6.47. The average Bonchev–Trinajstić information content (AvgIpc) is 2.01. The molecule has 82 valence electrons. The van der Waals surface area contributed by atoms with Crippen LogP contribution in [0.15, 0.2) is 0 Å².